The van der Waals surface area contributed by atoms with Crippen LogP contribution in [0, 0.1) is 10.1 Å². The van der Waals surface area contributed by atoms with Crippen molar-refractivity contribution in [2.24, 2.45) is 0 Å². The van der Waals surface area contributed by atoms with Crippen molar-refractivity contribution in [1.82, 2.24) is 5.32 Å². The highest BCUT2D eigenvalue weighted by Crippen LogP contribution is 2.22. The Morgan fingerprint density at radius 2 is 2.28 bits per heavy atom. The number of esters is 1. The SMILES string of the molecule is COC(=O)[C@H](C)NCc1cc(Cl)ccc1[N+](=O)[O-]. The first-order valence-electron chi connectivity index (χ1n) is 5.19. The second-order valence-corrected chi connectivity index (χ2v) is 4.09. The summed E-state index contributed by atoms with van der Waals surface area (Å²) in [5, 5.41) is 14.1. The van der Waals surface area contributed by atoms with Crippen molar-refractivity contribution < 1.29 is 14.5 Å². The van der Waals surface area contributed by atoms with Crippen LogP contribution in [0.1, 0.15) is 12.5 Å². The van der Waals surface area contributed by atoms with Crippen LogP contribution in [0.25, 0.3) is 0 Å². The lowest BCUT2D eigenvalue weighted by molar-refractivity contribution is -0.385. The van der Waals surface area contributed by atoms with E-state index in [1.807, 2.05) is 0 Å². The number of halogens is 1. The first kappa shape index (κ1) is 14.4. The molecule has 0 aliphatic rings. The smallest absolute Gasteiger partial charge is 0.322 e. The summed E-state index contributed by atoms with van der Waals surface area (Å²) in [5.41, 5.74) is 0.382. The van der Waals surface area contributed by atoms with Gasteiger partial charge in [0, 0.05) is 23.2 Å². The van der Waals surface area contributed by atoms with Gasteiger partial charge in [0.2, 0.25) is 0 Å². The lowest BCUT2D eigenvalue weighted by Crippen LogP contribution is -2.34. The van der Waals surface area contributed by atoms with E-state index in [1.165, 1.54) is 25.3 Å². The Bertz CT molecular complexity index is 464. The highest BCUT2D eigenvalue weighted by atomic mass is 35.5. The van der Waals surface area contributed by atoms with Gasteiger partial charge in [-0.15, -0.1) is 0 Å². The molecule has 0 radical (unpaired) electrons. The summed E-state index contributed by atoms with van der Waals surface area (Å²) in [7, 11) is 1.28. The first-order valence-corrected chi connectivity index (χ1v) is 5.57. The molecule has 7 heteroatoms. The zero-order valence-corrected chi connectivity index (χ0v) is 10.7. The second-order valence-electron chi connectivity index (χ2n) is 3.66. The summed E-state index contributed by atoms with van der Waals surface area (Å²) in [4.78, 5) is 21.5. The number of methoxy groups -OCH3 is 1. The molecule has 1 rings (SSSR count). The Morgan fingerprint density at radius 1 is 1.61 bits per heavy atom. The van der Waals surface area contributed by atoms with Crippen molar-refractivity contribution in [2.45, 2.75) is 19.5 Å². The number of hydrogen-bond donors (Lipinski definition) is 1. The van der Waals surface area contributed by atoms with Crippen molar-refractivity contribution in [1.29, 1.82) is 0 Å². The Labute approximate surface area is 109 Å². The molecule has 0 fully saturated rings. The molecule has 0 unspecified atom stereocenters. The van der Waals surface area contributed by atoms with E-state index in [4.69, 9.17) is 11.6 Å². The van der Waals surface area contributed by atoms with Crippen LogP contribution < -0.4 is 5.32 Å². The Hall–Kier alpha value is -1.66. The van der Waals surface area contributed by atoms with Gasteiger partial charge in [-0.25, -0.2) is 0 Å². The summed E-state index contributed by atoms with van der Waals surface area (Å²) in [5.74, 6) is -0.431. The number of hydrogen-bond acceptors (Lipinski definition) is 5. The fourth-order valence-electron chi connectivity index (χ4n) is 1.40. The molecule has 0 aliphatic carbocycles. The standard InChI is InChI=1S/C11H13ClN2O4/c1-7(11(15)18-2)13-6-8-5-9(12)3-4-10(8)14(16)17/h3-5,7,13H,6H2,1-2H3/t7-/m0/s1. The lowest BCUT2D eigenvalue weighted by Gasteiger charge is -2.11. The van der Waals surface area contributed by atoms with Gasteiger partial charge < -0.3 is 10.1 Å². The Kier molecular flexibility index (Phi) is 5.06. The third-order valence-corrected chi connectivity index (χ3v) is 2.63. The van der Waals surface area contributed by atoms with E-state index in [0.717, 1.165) is 0 Å². The van der Waals surface area contributed by atoms with E-state index in [9.17, 15) is 14.9 Å². The zero-order valence-electron chi connectivity index (χ0n) is 9.97. The topological polar surface area (TPSA) is 81.5 Å². The largest absolute Gasteiger partial charge is 0.468 e. The Balaban J connectivity index is 2.80. The number of carbonyl (C=O) groups is 1. The molecule has 0 aromatic heterocycles. The molecule has 0 bridgehead atoms. The minimum absolute atomic E-state index is 0.0380. The van der Waals surface area contributed by atoms with Crippen LogP contribution in [0.2, 0.25) is 5.02 Å². The highest BCUT2D eigenvalue weighted by Gasteiger charge is 2.17. The van der Waals surface area contributed by atoms with Crippen molar-refractivity contribution in [3.63, 3.8) is 0 Å². The molecule has 0 saturated carbocycles. The summed E-state index contributed by atoms with van der Waals surface area (Å²) in [6.45, 7) is 1.77. The summed E-state index contributed by atoms with van der Waals surface area (Å²) < 4.78 is 4.54. The lowest BCUT2D eigenvalue weighted by atomic mass is 10.1. The fourth-order valence-corrected chi connectivity index (χ4v) is 1.59. The van der Waals surface area contributed by atoms with Crippen molar-refractivity contribution in [2.75, 3.05) is 7.11 Å². The van der Waals surface area contributed by atoms with Crippen molar-refractivity contribution in [3.8, 4) is 0 Å². The Morgan fingerprint density at radius 3 is 2.83 bits per heavy atom. The predicted molar refractivity (Wildman–Crippen MR) is 66.4 cm³/mol. The van der Waals surface area contributed by atoms with Gasteiger partial charge in [-0.3, -0.25) is 14.9 Å². The molecule has 6 nitrogen and oxygen atoms in total. The molecule has 0 saturated heterocycles. The molecule has 1 aromatic rings. The van der Waals surface area contributed by atoms with Crippen LogP contribution in [-0.2, 0) is 16.1 Å². The summed E-state index contributed by atoms with van der Waals surface area (Å²) in [6.07, 6.45) is 0. The maximum atomic E-state index is 11.2. The summed E-state index contributed by atoms with van der Waals surface area (Å²) in [6, 6.07) is 3.74. The van der Waals surface area contributed by atoms with E-state index in [1.54, 1.807) is 6.92 Å². The maximum absolute atomic E-state index is 11.2. The van der Waals surface area contributed by atoms with Gasteiger partial charge in [0.25, 0.3) is 5.69 Å². The molecule has 0 spiro atoms. The minimum atomic E-state index is -0.548. The highest BCUT2D eigenvalue weighted by molar-refractivity contribution is 6.30. The molecule has 0 aliphatic heterocycles. The number of ether oxygens (including phenoxy) is 1. The quantitative estimate of drug-likeness (QED) is 0.503. The van der Waals surface area contributed by atoms with Crippen LogP contribution in [-0.4, -0.2) is 24.0 Å². The number of nitrogens with zero attached hydrogens (tertiary/aromatic N) is 1. The molecule has 1 aromatic carbocycles. The van der Waals surface area contributed by atoms with Gasteiger partial charge >= 0.3 is 5.97 Å². The van der Waals surface area contributed by atoms with Crippen molar-refractivity contribution in [3.05, 3.63) is 38.9 Å². The van der Waals surface area contributed by atoms with Crippen LogP contribution in [0.3, 0.4) is 0 Å². The third kappa shape index (κ3) is 3.68. The number of benzene rings is 1. The molecule has 0 heterocycles. The van der Waals surface area contributed by atoms with Crippen molar-refractivity contribution >= 4 is 23.3 Å². The van der Waals surface area contributed by atoms with Gasteiger partial charge in [0.15, 0.2) is 0 Å². The second kappa shape index (κ2) is 6.32. The number of rotatable bonds is 5. The molecular weight excluding hydrogens is 260 g/mol. The average Bonchev–Trinajstić information content (AvgIpc) is 2.34. The van der Waals surface area contributed by atoms with Gasteiger partial charge in [-0.05, 0) is 19.1 Å². The van der Waals surface area contributed by atoms with Gasteiger partial charge in [-0.2, -0.15) is 0 Å². The van der Waals surface area contributed by atoms with Gasteiger partial charge in [-0.1, -0.05) is 11.6 Å². The molecule has 1 atom stereocenters. The first-order chi connectivity index (χ1) is 8.45. The molecule has 98 valence electrons. The van der Waals surface area contributed by atoms with E-state index < -0.39 is 16.9 Å². The fraction of sp³-hybridized carbons (Fsp3) is 0.364. The normalized spacial score (nSPS) is 11.9. The number of nitro groups is 1. The predicted octanol–water partition coefficient (Wildman–Crippen LogP) is 1.90. The molecule has 0 amide bonds. The van der Waals surface area contributed by atoms with Crippen LogP contribution in [0.15, 0.2) is 18.2 Å². The number of carbonyl (C=O) groups excluding carboxylic acids is 1. The van der Waals surface area contributed by atoms with E-state index in [2.05, 4.69) is 10.1 Å². The molecular formula is C11H13ClN2O4. The summed E-state index contributed by atoms with van der Waals surface area (Å²) >= 11 is 5.78. The van der Waals surface area contributed by atoms with E-state index >= 15 is 0 Å². The molecule has 18 heavy (non-hydrogen) atoms. The zero-order chi connectivity index (χ0) is 13.7. The number of nitrogens with one attached hydrogen (secondary N) is 1. The number of nitro benzene ring substituents is 1. The minimum Gasteiger partial charge on any atom is -0.468 e. The van der Waals surface area contributed by atoms with Crippen LogP contribution in [0.4, 0.5) is 5.69 Å². The van der Waals surface area contributed by atoms with E-state index in [0.29, 0.717) is 10.6 Å². The van der Waals surface area contributed by atoms with Gasteiger partial charge in [0.1, 0.15) is 6.04 Å². The van der Waals surface area contributed by atoms with Crippen LogP contribution in [0.5, 0.6) is 0 Å². The maximum Gasteiger partial charge on any atom is 0.322 e. The molecule has 1 N–H and O–H groups in total. The van der Waals surface area contributed by atoms with Crippen LogP contribution >= 0.6 is 11.6 Å². The third-order valence-electron chi connectivity index (χ3n) is 2.39. The monoisotopic (exact) mass is 272 g/mol. The average molecular weight is 273 g/mol. The van der Waals surface area contributed by atoms with Gasteiger partial charge in [0.05, 0.1) is 12.0 Å². The van der Waals surface area contributed by atoms with E-state index in [-0.39, 0.29) is 12.2 Å².